The van der Waals surface area contributed by atoms with Crippen molar-refractivity contribution in [2.75, 3.05) is 52.9 Å². The summed E-state index contributed by atoms with van der Waals surface area (Å²) < 4.78 is 36.4. The number of hydrogen-bond donors (Lipinski definition) is 0. The van der Waals surface area contributed by atoms with E-state index in [1.807, 2.05) is 0 Å². The van der Waals surface area contributed by atoms with Gasteiger partial charge >= 0.3 is 23.2 Å². The summed E-state index contributed by atoms with van der Waals surface area (Å²) in [6.45, 7) is 1.30. The molecule has 11 nitrogen and oxygen atoms in total. The van der Waals surface area contributed by atoms with E-state index in [2.05, 4.69) is 0 Å². The van der Waals surface area contributed by atoms with Crippen LogP contribution >= 0.6 is 0 Å². The largest absolute Gasteiger partial charge is 0.459 e. The zero-order chi connectivity index (χ0) is 27.5. The molecule has 0 atom stereocenters. The summed E-state index contributed by atoms with van der Waals surface area (Å²) in [5.41, 5.74) is -1.08. The minimum atomic E-state index is -0.780. The number of rotatable bonds is 14. The highest BCUT2D eigenvalue weighted by molar-refractivity contribution is 5.93. The smallest absolute Gasteiger partial charge is 0.351 e. The van der Waals surface area contributed by atoms with Crippen molar-refractivity contribution in [2.45, 2.75) is 0 Å². The Bertz CT molecular complexity index is 1420. The first-order valence-electron chi connectivity index (χ1n) is 12.2. The lowest BCUT2D eigenvalue weighted by Crippen LogP contribution is -2.19. The molecule has 0 bridgehead atoms. The van der Waals surface area contributed by atoms with Gasteiger partial charge in [-0.2, -0.15) is 0 Å². The fourth-order valence-corrected chi connectivity index (χ4v) is 3.49. The normalized spacial score (nSPS) is 11.1. The third-order valence-corrected chi connectivity index (χ3v) is 5.39. The second-order valence-electron chi connectivity index (χ2n) is 8.08. The van der Waals surface area contributed by atoms with Gasteiger partial charge in [-0.1, -0.05) is 36.4 Å². The molecule has 2 aromatic heterocycles. The summed E-state index contributed by atoms with van der Waals surface area (Å²) in [5.74, 6) is -1.56. The Kier molecular flexibility index (Phi) is 9.95. The van der Waals surface area contributed by atoms with Crippen LogP contribution in [-0.2, 0) is 23.7 Å². The third-order valence-electron chi connectivity index (χ3n) is 5.39. The number of benzene rings is 2. The minimum Gasteiger partial charge on any atom is -0.459 e. The number of hydrogen-bond acceptors (Lipinski definition) is 11. The van der Waals surface area contributed by atoms with E-state index in [0.717, 1.165) is 0 Å². The van der Waals surface area contributed by atoms with Crippen LogP contribution in [0, 0.1) is 0 Å². The molecule has 0 N–H and O–H groups in total. The summed E-state index contributed by atoms with van der Waals surface area (Å²) in [7, 11) is 0. The van der Waals surface area contributed by atoms with E-state index in [9.17, 15) is 19.2 Å². The number of para-hydroxylation sites is 2. The van der Waals surface area contributed by atoms with Crippen LogP contribution in [0.25, 0.3) is 21.9 Å². The molecule has 39 heavy (non-hydrogen) atoms. The first-order chi connectivity index (χ1) is 19.0. The third kappa shape index (κ3) is 7.84. The van der Waals surface area contributed by atoms with Crippen molar-refractivity contribution in [3.05, 3.63) is 92.6 Å². The molecule has 0 aliphatic carbocycles. The molecule has 0 saturated carbocycles. The van der Waals surface area contributed by atoms with Crippen LogP contribution in [0.1, 0.15) is 20.7 Å². The Hall–Kier alpha value is -4.32. The predicted molar refractivity (Wildman–Crippen MR) is 138 cm³/mol. The van der Waals surface area contributed by atoms with E-state index in [4.69, 9.17) is 32.5 Å². The standard InChI is InChI=1S/C28H26O11/c29-25(21-17-19-5-1-3-7-23(19)38-27(21)31)36-15-13-34-11-9-33-10-12-35-14-16-37-26(30)22-18-20-6-2-4-8-24(20)39-28(22)32/h1-8,17-18H,9-16H2. The second kappa shape index (κ2) is 14.0. The summed E-state index contributed by atoms with van der Waals surface area (Å²) >= 11 is 0. The lowest BCUT2D eigenvalue weighted by Gasteiger charge is -2.08. The average Bonchev–Trinajstić information content (AvgIpc) is 2.94. The quantitative estimate of drug-likeness (QED) is 0.133. The number of ether oxygens (including phenoxy) is 5. The molecule has 4 rings (SSSR count). The highest BCUT2D eigenvalue weighted by Gasteiger charge is 2.16. The fraction of sp³-hybridized carbons (Fsp3) is 0.286. The van der Waals surface area contributed by atoms with Gasteiger partial charge in [-0.25, -0.2) is 19.2 Å². The number of carbonyl (C=O) groups excluding carboxylic acids is 2. The van der Waals surface area contributed by atoms with Gasteiger partial charge in [0.05, 0.1) is 39.6 Å². The van der Waals surface area contributed by atoms with Crippen LogP contribution in [0.2, 0.25) is 0 Å². The topological polar surface area (TPSA) is 141 Å². The van der Waals surface area contributed by atoms with Crippen molar-refractivity contribution in [1.82, 2.24) is 0 Å². The van der Waals surface area contributed by atoms with E-state index in [1.54, 1.807) is 48.5 Å². The van der Waals surface area contributed by atoms with Gasteiger partial charge in [-0.05, 0) is 24.3 Å². The summed E-state index contributed by atoms with van der Waals surface area (Å²) in [6.07, 6.45) is 0. The van der Waals surface area contributed by atoms with E-state index >= 15 is 0 Å². The molecule has 0 saturated heterocycles. The van der Waals surface area contributed by atoms with E-state index in [0.29, 0.717) is 21.9 Å². The SMILES string of the molecule is O=C(OCCOCCOCCOCCOC(=O)c1cc2ccccc2oc1=O)c1cc2ccccc2oc1=O. The first-order valence-corrected chi connectivity index (χ1v) is 12.2. The molecule has 0 unspecified atom stereocenters. The highest BCUT2D eigenvalue weighted by atomic mass is 16.6. The van der Waals surface area contributed by atoms with Gasteiger partial charge in [-0.3, -0.25) is 0 Å². The van der Waals surface area contributed by atoms with Gasteiger partial charge in [0.15, 0.2) is 0 Å². The average molecular weight is 539 g/mol. The highest BCUT2D eigenvalue weighted by Crippen LogP contribution is 2.14. The van der Waals surface area contributed by atoms with Gasteiger partial charge in [0.1, 0.15) is 35.5 Å². The zero-order valence-corrected chi connectivity index (χ0v) is 20.9. The van der Waals surface area contributed by atoms with Crippen molar-refractivity contribution in [2.24, 2.45) is 0 Å². The van der Waals surface area contributed by atoms with Crippen LogP contribution < -0.4 is 11.3 Å². The Balaban J connectivity index is 1.01. The predicted octanol–water partition coefficient (Wildman–Crippen LogP) is 2.96. The minimum absolute atomic E-state index is 0.0337. The Morgan fingerprint density at radius 1 is 0.538 bits per heavy atom. The molecule has 4 aromatic rings. The van der Waals surface area contributed by atoms with Gasteiger partial charge in [0.2, 0.25) is 0 Å². The maximum atomic E-state index is 12.1. The van der Waals surface area contributed by atoms with Crippen molar-refractivity contribution < 1.29 is 42.1 Å². The van der Waals surface area contributed by atoms with Crippen molar-refractivity contribution in [1.29, 1.82) is 0 Å². The molecule has 0 spiro atoms. The van der Waals surface area contributed by atoms with Gasteiger partial charge in [0.25, 0.3) is 0 Å². The van der Waals surface area contributed by atoms with Crippen molar-refractivity contribution >= 4 is 33.9 Å². The van der Waals surface area contributed by atoms with E-state index in [-0.39, 0.29) is 64.0 Å². The molecular formula is C28H26O11. The summed E-state index contributed by atoms with van der Waals surface area (Å²) in [6, 6.07) is 16.6. The molecule has 0 aliphatic rings. The zero-order valence-electron chi connectivity index (χ0n) is 20.9. The molecule has 0 aliphatic heterocycles. The van der Waals surface area contributed by atoms with E-state index in [1.165, 1.54) is 12.1 Å². The second-order valence-corrected chi connectivity index (χ2v) is 8.08. The Morgan fingerprint density at radius 2 is 0.897 bits per heavy atom. The van der Waals surface area contributed by atoms with Crippen LogP contribution in [0.15, 0.2) is 79.1 Å². The lowest BCUT2D eigenvalue weighted by molar-refractivity contribution is -0.00685. The molecular weight excluding hydrogens is 512 g/mol. The van der Waals surface area contributed by atoms with Crippen molar-refractivity contribution in [3.63, 3.8) is 0 Å². The van der Waals surface area contributed by atoms with Crippen LogP contribution in [-0.4, -0.2) is 64.8 Å². The Labute approximate surface area is 221 Å². The molecule has 2 aromatic carbocycles. The molecule has 2 heterocycles. The molecule has 0 amide bonds. The maximum absolute atomic E-state index is 12.1. The number of fused-ring (bicyclic) bond motifs is 2. The molecule has 0 fully saturated rings. The molecule has 11 heteroatoms. The summed E-state index contributed by atoms with van der Waals surface area (Å²) in [4.78, 5) is 48.2. The Morgan fingerprint density at radius 3 is 1.31 bits per heavy atom. The monoisotopic (exact) mass is 538 g/mol. The molecule has 0 radical (unpaired) electrons. The van der Waals surface area contributed by atoms with Gasteiger partial charge < -0.3 is 32.5 Å². The van der Waals surface area contributed by atoms with Gasteiger partial charge in [-0.15, -0.1) is 0 Å². The fourth-order valence-electron chi connectivity index (χ4n) is 3.49. The van der Waals surface area contributed by atoms with Crippen molar-refractivity contribution in [3.8, 4) is 0 Å². The van der Waals surface area contributed by atoms with E-state index < -0.39 is 23.2 Å². The van der Waals surface area contributed by atoms with Crippen LogP contribution in [0.5, 0.6) is 0 Å². The lowest BCUT2D eigenvalue weighted by atomic mass is 10.2. The number of carbonyl (C=O) groups is 2. The maximum Gasteiger partial charge on any atom is 0.351 e. The number of esters is 2. The van der Waals surface area contributed by atoms with Crippen LogP contribution in [0.4, 0.5) is 0 Å². The summed E-state index contributed by atoms with van der Waals surface area (Å²) in [5, 5.41) is 1.25. The van der Waals surface area contributed by atoms with Crippen LogP contribution in [0.3, 0.4) is 0 Å². The first kappa shape index (κ1) is 27.7. The van der Waals surface area contributed by atoms with Gasteiger partial charge in [0, 0.05) is 10.8 Å². The molecule has 204 valence electrons.